The molecule has 0 aliphatic carbocycles. The fourth-order valence-corrected chi connectivity index (χ4v) is 3.28. The van der Waals surface area contributed by atoms with E-state index < -0.39 is 10.0 Å². The fourth-order valence-electron chi connectivity index (χ4n) is 2.26. The largest absolute Gasteiger partial charge is 0.266 e. The van der Waals surface area contributed by atoms with Gasteiger partial charge in [0, 0.05) is 12.3 Å². The summed E-state index contributed by atoms with van der Waals surface area (Å²) in [5.74, 6) is 0.308. The van der Waals surface area contributed by atoms with Crippen LogP contribution in [0.25, 0.3) is 0 Å². The molecule has 6 heteroatoms. The molecule has 1 aromatic heterocycles. The summed E-state index contributed by atoms with van der Waals surface area (Å²) in [4.78, 5) is 0.216. The number of nitrogens with zero attached hydrogens (tertiary/aromatic N) is 2. The van der Waals surface area contributed by atoms with Crippen LogP contribution in [-0.4, -0.2) is 18.2 Å². The van der Waals surface area contributed by atoms with E-state index >= 15 is 0 Å². The Morgan fingerprint density at radius 3 is 2.43 bits per heavy atom. The second-order valence-electron chi connectivity index (χ2n) is 5.24. The van der Waals surface area contributed by atoms with Crippen LogP contribution < -0.4 is 4.72 Å². The van der Waals surface area contributed by atoms with E-state index in [0.29, 0.717) is 12.4 Å². The molecule has 23 heavy (non-hydrogen) atoms. The van der Waals surface area contributed by atoms with E-state index in [1.54, 1.807) is 47.3 Å². The summed E-state index contributed by atoms with van der Waals surface area (Å²) in [6, 6.07) is 17.9. The van der Waals surface area contributed by atoms with Gasteiger partial charge in [-0.05, 0) is 30.2 Å². The zero-order chi connectivity index (χ0) is 16.3. The van der Waals surface area contributed by atoms with Gasteiger partial charge in [0.05, 0.1) is 11.4 Å². The summed E-state index contributed by atoms with van der Waals surface area (Å²) in [5, 5.41) is 4.28. The normalized spacial score (nSPS) is 11.3. The van der Waals surface area contributed by atoms with Gasteiger partial charge < -0.3 is 0 Å². The Kier molecular flexibility index (Phi) is 4.16. The number of aryl methyl sites for hydroxylation is 1. The second-order valence-corrected chi connectivity index (χ2v) is 6.93. The Morgan fingerprint density at radius 1 is 1.00 bits per heavy atom. The summed E-state index contributed by atoms with van der Waals surface area (Å²) in [5.41, 5.74) is 2.32. The van der Waals surface area contributed by atoms with E-state index in [4.69, 9.17) is 0 Å². The Hall–Kier alpha value is -2.60. The summed E-state index contributed by atoms with van der Waals surface area (Å²) in [6.07, 6.45) is 1.76. The van der Waals surface area contributed by atoms with Crippen molar-refractivity contribution in [1.29, 1.82) is 0 Å². The average molecular weight is 327 g/mol. The molecule has 0 aliphatic heterocycles. The summed E-state index contributed by atoms with van der Waals surface area (Å²) >= 11 is 0. The van der Waals surface area contributed by atoms with Crippen molar-refractivity contribution in [2.24, 2.45) is 0 Å². The topological polar surface area (TPSA) is 64.0 Å². The van der Waals surface area contributed by atoms with Crippen molar-refractivity contribution < 1.29 is 8.42 Å². The molecule has 0 bridgehead atoms. The average Bonchev–Trinajstić information content (AvgIpc) is 2.97. The minimum Gasteiger partial charge on any atom is -0.266 e. The predicted molar refractivity (Wildman–Crippen MR) is 89.8 cm³/mol. The van der Waals surface area contributed by atoms with Crippen LogP contribution in [0.1, 0.15) is 11.1 Å². The molecule has 1 N–H and O–H groups in total. The molecule has 0 amide bonds. The van der Waals surface area contributed by atoms with Gasteiger partial charge in [0.15, 0.2) is 5.82 Å². The lowest BCUT2D eigenvalue weighted by Crippen LogP contribution is -2.13. The van der Waals surface area contributed by atoms with Gasteiger partial charge >= 0.3 is 0 Å². The molecule has 5 nitrogen and oxygen atoms in total. The van der Waals surface area contributed by atoms with Crippen LogP contribution in [0.15, 0.2) is 71.8 Å². The number of aromatic nitrogens is 2. The van der Waals surface area contributed by atoms with Crippen LogP contribution in [0.5, 0.6) is 0 Å². The summed E-state index contributed by atoms with van der Waals surface area (Å²) in [7, 11) is -3.61. The van der Waals surface area contributed by atoms with Gasteiger partial charge in [-0.1, -0.05) is 42.5 Å². The third-order valence-corrected chi connectivity index (χ3v) is 4.90. The lowest BCUT2D eigenvalue weighted by Gasteiger charge is -2.06. The summed E-state index contributed by atoms with van der Waals surface area (Å²) < 4.78 is 28.7. The molecule has 0 saturated carbocycles. The highest BCUT2D eigenvalue weighted by molar-refractivity contribution is 7.92. The van der Waals surface area contributed by atoms with E-state index in [2.05, 4.69) is 9.82 Å². The van der Waals surface area contributed by atoms with E-state index in [1.165, 1.54) is 5.56 Å². The quantitative estimate of drug-likeness (QED) is 0.783. The first kappa shape index (κ1) is 15.3. The lowest BCUT2D eigenvalue weighted by atomic mass is 10.1. The highest BCUT2D eigenvalue weighted by Crippen LogP contribution is 2.15. The first-order chi connectivity index (χ1) is 11.0. The second kappa shape index (κ2) is 6.26. The van der Waals surface area contributed by atoms with Crippen molar-refractivity contribution in [3.05, 3.63) is 78.0 Å². The predicted octanol–water partition coefficient (Wildman–Crippen LogP) is 3.04. The van der Waals surface area contributed by atoms with Crippen LogP contribution in [0.4, 0.5) is 5.82 Å². The molecule has 3 aromatic rings. The third-order valence-electron chi connectivity index (χ3n) is 3.53. The molecular weight excluding hydrogens is 310 g/mol. The van der Waals surface area contributed by atoms with Crippen molar-refractivity contribution in [2.45, 2.75) is 18.4 Å². The number of hydrogen-bond acceptors (Lipinski definition) is 3. The highest BCUT2D eigenvalue weighted by atomic mass is 32.2. The number of benzene rings is 2. The molecule has 0 aliphatic rings. The van der Waals surface area contributed by atoms with Crippen LogP contribution in [-0.2, 0) is 16.6 Å². The molecule has 3 rings (SSSR count). The van der Waals surface area contributed by atoms with Gasteiger partial charge in [-0.2, -0.15) is 5.10 Å². The van der Waals surface area contributed by atoms with Crippen LogP contribution >= 0.6 is 0 Å². The van der Waals surface area contributed by atoms with E-state index in [1.807, 2.05) is 31.2 Å². The zero-order valence-electron chi connectivity index (χ0n) is 12.7. The Labute approximate surface area is 135 Å². The standard InChI is InChI=1S/C17H17N3O2S/c1-14-7-5-6-8-15(14)13-20-12-11-17(18-20)19-23(21,22)16-9-3-2-4-10-16/h2-12H,13H2,1H3,(H,18,19). The van der Waals surface area contributed by atoms with Crippen LogP contribution in [0, 0.1) is 6.92 Å². The number of nitrogens with one attached hydrogen (secondary N) is 1. The van der Waals surface area contributed by atoms with Gasteiger partial charge in [-0.3, -0.25) is 9.40 Å². The number of sulfonamides is 1. The van der Waals surface area contributed by atoms with Crippen molar-refractivity contribution in [3.8, 4) is 0 Å². The summed E-state index contributed by atoms with van der Waals surface area (Å²) in [6.45, 7) is 2.64. The SMILES string of the molecule is Cc1ccccc1Cn1ccc(NS(=O)(=O)c2ccccc2)n1. The lowest BCUT2D eigenvalue weighted by molar-refractivity contribution is 0.600. The maximum atomic E-state index is 12.3. The van der Waals surface area contributed by atoms with Gasteiger partial charge in [0.1, 0.15) is 0 Å². The smallest absolute Gasteiger partial charge is 0.263 e. The number of rotatable bonds is 5. The number of hydrogen-bond donors (Lipinski definition) is 1. The van der Waals surface area contributed by atoms with Crippen molar-refractivity contribution in [2.75, 3.05) is 4.72 Å². The molecular formula is C17H17N3O2S. The van der Waals surface area contributed by atoms with Crippen molar-refractivity contribution >= 4 is 15.8 Å². The Balaban J connectivity index is 1.77. The molecule has 118 valence electrons. The van der Waals surface area contributed by atoms with Crippen LogP contribution in [0.2, 0.25) is 0 Å². The Bertz CT molecular complexity index is 902. The maximum absolute atomic E-state index is 12.3. The molecule has 1 heterocycles. The van der Waals surface area contributed by atoms with Gasteiger partial charge in [0.25, 0.3) is 10.0 Å². The van der Waals surface area contributed by atoms with Gasteiger partial charge in [-0.15, -0.1) is 0 Å². The van der Waals surface area contributed by atoms with E-state index in [-0.39, 0.29) is 4.90 Å². The molecule has 0 fully saturated rings. The molecule has 0 unspecified atom stereocenters. The fraction of sp³-hybridized carbons (Fsp3) is 0.118. The first-order valence-corrected chi connectivity index (χ1v) is 8.69. The van der Waals surface area contributed by atoms with Crippen molar-refractivity contribution in [1.82, 2.24) is 9.78 Å². The van der Waals surface area contributed by atoms with E-state index in [9.17, 15) is 8.42 Å². The van der Waals surface area contributed by atoms with Crippen LogP contribution in [0.3, 0.4) is 0 Å². The first-order valence-electron chi connectivity index (χ1n) is 7.20. The number of anilines is 1. The minimum absolute atomic E-state index is 0.216. The maximum Gasteiger partial charge on any atom is 0.263 e. The van der Waals surface area contributed by atoms with E-state index in [0.717, 1.165) is 5.56 Å². The van der Waals surface area contributed by atoms with Gasteiger partial charge in [0.2, 0.25) is 0 Å². The monoisotopic (exact) mass is 327 g/mol. The molecule has 0 spiro atoms. The molecule has 0 saturated heterocycles. The third kappa shape index (κ3) is 3.60. The van der Waals surface area contributed by atoms with Crippen molar-refractivity contribution in [3.63, 3.8) is 0 Å². The highest BCUT2D eigenvalue weighted by Gasteiger charge is 2.14. The Morgan fingerprint density at radius 2 is 1.70 bits per heavy atom. The molecule has 0 atom stereocenters. The zero-order valence-corrected chi connectivity index (χ0v) is 13.5. The molecule has 0 radical (unpaired) electrons. The van der Waals surface area contributed by atoms with Gasteiger partial charge in [-0.25, -0.2) is 8.42 Å². The minimum atomic E-state index is -3.61. The molecule has 2 aromatic carbocycles.